The number of para-hydroxylation sites is 1. The van der Waals surface area contributed by atoms with Gasteiger partial charge in [0.1, 0.15) is 5.75 Å². The topological polar surface area (TPSA) is 21.3 Å². The monoisotopic (exact) mass is 261 g/mol. The minimum Gasteiger partial charge on any atom is -0.493 e. The summed E-state index contributed by atoms with van der Waals surface area (Å²) >= 11 is 0. The van der Waals surface area contributed by atoms with Gasteiger partial charge in [-0.2, -0.15) is 0 Å². The number of fused-ring (bicyclic) bond motifs is 1. The van der Waals surface area contributed by atoms with Gasteiger partial charge in [-0.1, -0.05) is 39.0 Å². The molecule has 0 amide bonds. The number of rotatable bonds is 4. The quantitative estimate of drug-likeness (QED) is 0.875. The largest absolute Gasteiger partial charge is 0.493 e. The third kappa shape index (κ3) is 3.30. The predicted molar refractivity (Wildman–Crippen MR) is 80.7 cm³/mol. The summed E-state index contributed by atoms with van der Waals surface area (Å²) in [6.45, 7) is 9.84. The standard InChI is InChI=1S/C17H27NO/c1-5-15(12(2)3)18-16-10-7-11-19-17-13(4)8-6-9-14(16)17/h6,8-9,12,15-16,18H,5,7,10-11H2,1-4H3. The van der Waals surface area contributed by atoms with Crippen LogP contribution in [0.15, 0.2) is 18.2 Å². The summed E-state index contributed by atoms with van der Waals surface area (Å²) < 4.78 is 5.95. The van der Waals surface area contributed by atoms with Crippen LogP contribution in [0.4, 0.5) is 0 Å². The second kappa shape index (κ2) is 6.42. The second-order valence-electron chi connectivity index (χ2n) is 5.96. The molecule has 1 N–H and O–H groups in total. The normalized spacial score (nSPS) is 20.6. The smallest absolute Gasteiger partial charge is 0.126 e. The van der Waals surface area contributed by atoms with Crippen molar-refractivity contribution < 1.29 is 4.74 Å². The Labute approximate surface area is 117 Å². The molecule has 0 fully saturated rings. The average molecular weight is 261 g/mol. The first-order chi connectivity index (χ1) is 9.13. The lowest BCUT2D eigenvalue weighted by molar-refractivity contribution is 0.308. The fourth-order valence-corrected chi connectivity index (χ4v) is 2.98. The van der Waals surface area contributed by atoms with Gasteiger partial charge in [0.25, 0.3) is 0 Å². The Hall–Kier alpha value is -1.02. The van der Waals surface area contributed by atoms with Gasteiger partial charge in [-0.3, -0.25) is 0 Å². The van der Waals surface area contributed by atoms with Gasteiger partial charge in [0.2, 0.25) is 0 Å². The fraction of sp³-hybridized carbons (Fsp3) is 0.647. The predicted octanol–water partition coefficient (Wildman–Crippen LogP) is 4.23. The molecular formula is C17H27NO. The van der Waals surface area contributed by atoms with Crippen LogP contribution in [0.1, 0.15) is 57.2 Å². The lowest BCUT2D eigenvalue weighted by atomic mass is 9.95. The molecular weight excluding hydrogens is 234 g/mol. The maximum Gasteiger partial charge on any atom is 0.126 e. The Morgan fingerprint density at radius 1 is 1.37 bits per heavy atom. The Morgan fingerprint density at radius 2 is 2.16 bits per heavy atom. The summed E-state index contributed by atoms with van der Waals surface area (Å²) in [4.78, 5) is 0. The molecule has 2 atom stereocenters. The van der Waals surface area contributed by atoms with Gasteiger partial charge in [-0.05, 0) is 37.7 Å². The first-order valence-corrected chi connectivity index (χ1v) is 7.61. The van der Waals surface area contributed by atoms with Crippen molar-refractivity contribution >= 4 is 0 Å². The highest BCUT2D eigenvalue weighted by Crippen LogP contribution is 2.34. The van der Waals surface area contributed by atoms with E-state index in [1.165, 1.54) is 24.0 Å². The summed E-state index contributed by atoms with van der Waals surface area (Å²) in [5.41, 5.74) is 2.60. The van der Waals surface area contributed by atoms with Crippen molar-refractivity contribution in [3.05, 3.63) is 29.3 Å². The van der Waals surface area contributed by atoms with Crippen LogP contribution in [0, 0.1) is 12.8 Å². The van der Waals surface area contributed by atoms with E-state index in [0.29, 0.717) is 18.0 Å². The van der Waals surface area contributed by atoms with Crippen molar-refractivity contribution in [3.8, 4) is 5.75 Å². The molecule has 0 radical (unpaired) electrons. The first-order valence-electron chi connectivity index (χ1n) is 7.61. The van der Waals surface area contributed by atoms with Crippen LogP contribution < -0.4 is 10.1 Å². The van der Waals surface area contributed by atoms with Gasteiger partial charge in [-0.15, -0.1) is 0 Å². The number of hydrogen-bond donors (Lipinski definition) is 1. The molecule has 1 aliphatic rings. The Balaban J connectivity index is 2.24. The summed E-state index contributed by atoms with van der Waals surface area (Å²) in [6, 6.07) is 7.52. The molecule has 106 valence electrons. The molecule has 2 heteroatoms. The zero-order valence-corrected chi connectivity index (χ0v) is 12.7. The summed E-state index contributed by atoms with van der Waals surface area (Å²) in [5, 5.41) is 3.85. The van der Waals surface area contributed by atoms with E-state index in [1.807, 2.05) is 0 Å². The van der Waals surface area contributed by atoms with Crippen molar-refractivity contribution in [3.63, 3.8) is 0 Å². The maximum absolute atomic E-state index is 5.95. The molecule has 0 spiro atoms. The zero-order valence-electron chi connectivity index (χ0n) is 12.7. The molecule has 2 nitrogen and oxygen atoms in total. The van der Waals surface area contributed by atoms with Gasteiger partial charge in [0, 0.05) is 17.6 Å². The van der Waals surface area contributed by atoms with E-state index >= 15 is 0 Å². The molecule has 0 aromatic heterocycles. The molecule has 2 unspecified atom stereocenters. The van der Waals surface area contributed by atoms with E-state index in [9.17, 15) is 0 Å². The summed E-state index contributed by atoms with van der Waals surface area (Å²) in [7, 11) is 0. The molecule has 0 saturated heterocycles. The summed E-state index contributed by atoms with van der Waals surface area (Å²) in [5.74, 6) is 1.78. The highest BCUT2D eigenvalue weighted by molar-refractivity contribution is 5.43. The SMILES string of the molecule is CCC(NC1CCCOc2c(C)cccc21)C(C)C. The number of benzene rings is 1. The van der Waals surface area contributed by atoms with Gasteiger partial charge in [0.15, 0.2) is 0 Å². The molecule has 1 heterocycles. The molecule has 0 saturated carbocycles. The Bertz CT molecular complexity index is 414. The van der Waals surface area contributed by atoms with E-state index in [4.69, 9.17) is 4.74 Å². The molecule has 1 aliphatic heterocycles. The number of ether oxygens (including phenoxy) is 1. The molecule has 19 heavy (non-hydrogen) atoms. The van der Waals surface area contributed by atoms with Crippen molar-refractivity contribution in [2.75, 3.05) is 6.61 Å². The Kier molecular flexibility index (Phi) is 4.87. The van der Waals surface area contributed by atoms with E-state index in [0.717, 1.165) is 18.8 Å². The Morgan fingerprint density at radius 3 is 2.84 bits per heavy atom. The molecule has 2 rings (SSSR count). The van der Waals surface area contributed by atoms with E-state index in [-0.39, 0.29) is 0 Å². The molecule has 0 aliphatic carbocycles. The van der Waals surface area contributed by atoms with Gasteiger partial charge in [-0.25, -0.2) is 0 Å². The van der Waals surface area contributed by atoms with Crippen molar-refractivity contribution in [1.82, 2.24) is 5.32 Å². The van der Waals surface area contributed by atoms with E-state index < -0.39 is 0 Å². The van der Waals surface area contributed by atoms with E-state index in [2.05, 4.69) is 51.2 Å². The van der Waals surface area contributed by atoms with Crippen LogP contribution in [0.25, 0.3) is 0 Å². The summed E-state index contributed by atoms with van der Waals surface area (Å²) in [6.07, 6.45) is 3.47. The third-order valence-corrected chi connectivity index (χ3v) is 4.16. The van der Waals surface area contributed by atoms with Gasteiger partial charge < -0.3 is 10.1 Å². The van der Waals surface area contributed by atoms with Crippen molar-refractivity contribution in [2.45, 2.75) is 59.0 Å². The van der Waals surface area contributed by atoms with Crippen LogP contribution in [0.3, 0.4) is 0 Å². The first kappa shape index (κ1) is 14.4. The zero-order chi connectivity index (χ0) is 13.8. The number of aryl methyl sites for hydroxylation is 1. The highest BCUT2D eigenvalue weighted by Gasteiger charge is 2.23. The third-order valence-electron chi connectivity index (χ3n) is 4.16. The molecule has 1 aromatic rings. The van der Waals surface area contributed by atoms with Crippen molar-refractivity contribution in [2.24, 2.45) is 5.92 Å². The minimum absolute atomic E-state index is 0.435. The fourth-order valence-electron chi connectivity index (χ4n) is 2.98. The minimum atomic E-state index is 0.435. The van der Waals surface area contributed by atoms with Crippen LogP contribution in [0.5, 0.6) is 5.75 Å². The molecule has 1 aromatic carbocycles. The molecule has 0 bridgehead atoms. The van der Waals surface area contributed by atoms with Crippen LogP contribution >= 0.6 is 0 Å². The lowest BCUT2D eigenvalue weighted by Gasteiger charge is -2.28. The maximum atomic E-state index is 5.95. The lowest BCUT2D eigenvalue weighted by Crippen LogP contribution is -2.36. The highest BCUT2D eigenvalue weighted by atomic mass is 16.5. The van der Waals surface area contributed by atoms with Gasteiger partial charge >= 0.3 is 0 Å². The van der Waals surface area contributed by atoms with Gasteiger partial charge in [0.05, 0.1) is 6.61 Å². The average Bonchev–Trinajstić information content (AvgIpc) is 2.59. The van der Waals surface area contributed by atoms with E-state index in [1.54, 1.807) is 0 Å². The van der Waals surface area contributed by atoms with Crippen LogP contribution in [0.2, 0.25) is 0 Å². The number of nitrogens with one attached hydrogen (secondary N) is 1. The number of hydrogen-bond acceptors (Lipinski definition) is 2. The second-order valence-corrected chi connectivity index (χ2v) is 5.96. The van der Waals surface area contributed by atoms with Crippen LogP contribution in [-0.4, -0.2) is 12.6 Å². The van der Waals surface area contributed by atoms with Crippen molar-refractivity contribution in [1.29, 1.82) is 0 Å². The van der Waals surface area contributed by atoms with Crippen LogP contribution in [-0.2, 0) is 0 Å².